The second-order valence-electron chi connectivity index (χ2n) is 5.33. The van der Waals surface area contributed by atoms with E-state index in [-0.39, 0.29) is 0 Å². The molecule has 0 N–H and O–H groups in total. The van der Waals surface area contributed by atoms with Gasteiger partial charge in [0.15, 0.2) is 0 Å². The van der Waals surface area contributed by atoms with E-state index in [1.807, 2.05) is 42.5 Å². The van der Waals surface area contributed by atoms with Crippen molar-refractivity contribution >= 4 is 10.8 Å². The molecule has 0 spiro atoms. The molecule has 1 aromatic heterocycles. The summed E-state index contributed by atoms with van der Waals surface area (Å²) in [6.07, 6.45) is 1.79. The summed E-state index contributed by atoms with van der Waals surface area (Å²) in [7, 11) is 0. The highest BCUT2D eigenvalue weighted by atomic mass is 16.5. The second kappa shape index (κ2) is 5.93. The van der Waals surface area contributed by atoms with Gasteiger partial charge in [0.2, 0.25) is 5.88 Å². The zero-order valence-corrected chi connectivity index (χ0v) is 12.5. The average molecular weight is 297 g/mol. The molecule has 3 aromatic carbocycles. The Morgan fingerprint density at radius 3 is 2.17 bits per heavy atom. The lowest BCUT2D eigenvalue weighted by Crippen LogP contribution is -1.89. The Labute approximate surface area is 135 Å². The van der Waals surface area contributed by atoms with Crippen LogP contribution < -0.4 is 4.74 Å². The van der Waals surface area contributed by atoms with Crippen LogP contribution in [0.3, 0.4) is 0 Å². The van der Waals surface area contributed by atoms with Crippen molar-refractivity contribution < 1.29 is 4.74 Å². The summed E-state index contributed by atoms with van der Waals surface area (Å²) >= 11 is 0. The molecule has 0 amide bonds. The van der Waals surface area contributed by atoms with Crippen LogP contribution in [0.5, 0.6) is 11.6 Å². The summed E-state index contributed by atoms with van der Waals surface area (Å²) in [5, 5.41) is 2.13. The minimum Gasteiger partial charge on any atom is -0.438 e. The highest BCUT2D eigenvalue weighted by Gasteiger charge is 2.06. The Bertz CT molecular complexity index is 933. The van der Waals surface area contributed by atoms with Crippen molar-refractivity contribution in [1.29, 1.82) is 0 Å². The van der Waals surface area contributed by atoms with Crippen molar-refractivity contribution in [2.24, 2.45) is 0 Å². The molecule has 0 aliphatic rings. The van der Waals surface area contributed by atoms with Gasteiger partial charge in [0.05, 0.1) is 0 Å². The lowest BCUT2D eigenvalue weighted by molar-refractivity contribution is 0.469. The molecule has 23 heavy (non-hydrogen) atoms. The number of hydrogen-bond acceptors (Lipinski definition) is 2. The van der Waals surface area contributed by atoms with Crippen LogP contribution in [0.25, 0.3) is 21.9 Å². The number of rotatable bonds is 3. The lowest BCUT2D eigenvalue weighted by Gasteiger charge is -2.09. The molecule has 110 valence electrons. The van der Waals surface area contributed by atoms with Gasteiger partial charge in [-0.2, -0.15) is 0 Å². The van der Waals surface area contributed by atoms with E-state index in [0.29, 0.717) is 5.88 Å². The molecule has 1 heterocycles. The van der Waals surface area contributed by atoms with Crippen molar-refractivity contribution in [1.82, 2.24) is 4.98 Å². The smallest absolute Gasteiger partial charge is 0.227 e. The van der Waals surface area contributed by atoms with Crippen LogP contribution in [0.4, 0.5) is 0 Å². The van der Waals surface area contributed by atoms with Gasteiger partial charge >= 0.3 is 0 Å². The van der Waals surface area contributed by atoms with E-state index in [1.165, 1.54) is 11.1 Å². The Morgan fingerprint density at radius 2 is 1.39 bits per heavy atom. The maximum absolute atomic E-state index is 5.93. The molecule has 0 saturated carbocycles. The minimum absolute atomic E-state index is 0.633. The molecule has 2 nitrogen and oxygen atoms in total. The van der Waals surface area contributed by atoms with Gasteiger partial charge in [-0.25, -0.2) is 4.98 Å². The van der Waals surface area contributed by atoms with Crippen LogP contribution in [0, 0.1) is 0 Å². The molecule has 0 aliphatic carbocycles. The Morgan fingerprint density at radius 1 is 0.652 bits per heavy atom. The highest BCUT2D eigenvalue weighted by molar-refractivity contribution is 5.90. The quantitative estimate of drug-likeness (QED) is 0.484. The third-order valence-corrected chi connectivity index (χ3v) is 3.79. The van der Waals surface area contributed by atoms with E-state index in [1.54, 1.807) is 6.20 Å². The highest BCUT2D eigenvalue weighted by Crippen LogP contribution is 2.30. The van der Waals surface area contributed by atoms with Crippen molar-refractivity contribution in [2.75, 3.05) is 0 Å². The zero-order chi connectivity index (χ0) is 15.5. The maximum atomic E-state index is 5.93. The number of aromatic nitrogens is 1. The van der Waals surface area contributed by atoms with Gasteiger partial charge in [-0.3, -0.25) is 0 Å². The number of ether oxygens (including phenoxy) is 1. The fourth-order valence-corrected chi connectivity index (χ4v) is 2.64. The fourth-order valence-electron chi connectivity index (χ4n) is 2.64. The van der Waals surface area contributed by atoms with Crippen molar-refractivity contribution in [3.8, 4) is 22.8 Å². The largest absolute Gasteiger partial charge is 0.438 e. The first-order valence-corrected chi connectivity index (χ1v) is 7.57. The standard InChI is InChI=1S/C21H15NO/c1-3-7-16(8-4-1)17-11-12-20-18(15-17)13-14-22-21(20)23-19-9-5-2-6-10-19/h1-15H. The molecular weight excluding hydrogens is 282 g/mol. The molecule has 0 radical (unpaired) electrons. The van der Waals surface area contributed by atoms with Gasteiger partial charge in [-0.05, 0) is 46.8 Å². The van der Waals surface area contributed by atoms with Crippen molar-refractivity contribution in [3.63, 3.8) is 0 Å². The van der Waals surface area contributed by atoms with Crippen LogP contribution >= 0.6 is 0 Å². The monoisotopic (exact) mass is 297 g/mol. The van der Waals surface area contributed by atoms with Crippen LogP contribution in [-0.2, 0) is 0 Å². The molecule has 0 saturated heterocycles. The molecule has 4 rings (SSSR count). The number of fused-ring (bicyclic) bond motifs is 1. The first kappa shape index (κ1) is 13.5. The van der Waals surface area contributed by atoms with Gasteiger partial charge < -0.3 is 4.74 Å². The van der Waals surface area contributed by atoms with Crippen LogP contribution in [0.2, 0.25) is 0 Å². The van der Waals surface area contributed by atoms with E-state index in [2.05, 4.69) is 47.4 Å². The summed E-state index contributed by atoms with van der Waals surface area (Å²) in [6, 6.07) is 28.5. The molecule has 0 atom stereocenters. The molecule has 4 aromatic rings. The summed E-state index contributed by atoms with van der Waals surface area (Å²) in [4.78, 5) is 4.38. The number of hydrogen-bond donors (Lipinski definition) is 0. The first-order valence-electron chi connectivity index (χ1n) is 7.57. The summed E-state index contributed by atoms with van der Waals surface area (Å²) < 4.78 is 5.93. The number of pyridine rings is 1. The third kappa shape index (κ3) is 2.79. The number of benzene rings is 3. The molecule has 0 fully saturated rings. The molecular formula is C21H15NO. The van der Waals surface area contributed by atoms with Crippen molar-refractivity contribution in [2.45, 2.75) is 0 Å². The van der Waals surface area contributed by atoms with Crippen LogP contribution in [-0.4, -0.2) is 4.98 Å². The van der Waals surface area contributed by atoms with E-state index < -0.39 is 0 Å². The Kier molecular flexibility index (Phi) is 3.49. The van der Waals surface area contributed by atoms with E-state index in [4.69, 9.17) is 4.74 Å². The second-order valence-corrected chi connectivity index (χ2v) is 5.33. The van der Waals surface area contributed by atoms with Gasteiger partial charge in [-0.15, -0.1) is 0 Å². The topological polar surface area (TPSA) is 22.1 Å². The average Bonchev–Trinajstić information content (AvgIpc) is 2.63. The van der Waals surface area contributed by atoms with E-state index in [9.17, 15) is 0 Å². The lowest BCUT2D eigenvalue weighted by atomic mass is 10.0. The van der Waals surface area contributed by atoms with E-state index >= 15 is 0 Å². The molecule has 0 unspecified atom stereocenters. The maximum Gasteiger partial charge on any atom is 0.227 e. The predicted octanol–water partition coefficient (Wildman–Crippen LogP) is 5.69. The fraction of sp³-hybridized carbons (Fsp3) is 0. The van der Waals surface area contributed by atoms with E-state index in [0.717, 1.165) is 16.5 Å². The molecule has 0 aliphatic heterocycles. The van der Waals surface area contributed by atoms with Gasteiger partial charge in [0.1, 0.15) is 5.75 Å². The van der Waals surface area contributed by atoms with Gasteiger partial charge in [0.25, 0.3) is 0 Å². The first-order chi connectivity index (χ1) is 11.4. The number of para-hydroxylation sites is 1. The normalized spacial score (nSPS) is 10.6. The van der Waals surface area contributed by atoms with Gasteiger partial charge in [-0.1, -0.05) is 54.6 Å². The summed E-state index contributed by atoms with van der Waals surface area (Å²) in [5.74, 6) is 1.42. The number of nitrogens with zero attached hydrogens (tertiary/aromatic N) is 1. The molecule has 0 bridgehead atoms. The van der Waals surface area contributed by atoms with Gasteiger partial charge in [0, 0.05) is 11.6 Å². The van der Waals surface area contributed by atoms with Crippen LogP contribution in [0.1, 0.15) is 0 Å². The minimum atomic E-state index is 0.633. The third-order valence-electron chi connectivity index (χ3n) is 3.79. The Hall–Kier alpha value is -3.13. The molecule has 2 heteroatoms. The Balaban J connectivity index is 1.77. The predicted molar refractivity (Wildman–Crippen MR) is 93.7 cm³/mol. The van der Waals surface area contributed by atoms with Crippen molar-refractivity contribution in [3.05, 3.63) is 91.1 Å². The zero-order valence-electron chi connectivity index (χ0n) is 12.5. The summed E-state index contributed by atoms with van der Waals surface area (Å²) in [6.45, 7) is 0. The SMILES string of the molecule is c1ccc(Oc2nccc3cc(-c4ccccc4)ccc23)cc1. The summed E-state index contributed by atoms with van der Waals surface area (Å²) in [5.41, 5.74) is 2.40. The van der Waals surface area contributed by atoms with Crippen LogP contribution in [0.15, 0.2) is 91.1 Å².